The van der Waals surface area contributed by atoms with Gasteiger partial charge in [0, 0.05) is 39.1 Å². The van der Waals surface area contributed by atoms with Gasteiger partial charge in [-0.2, -0.15) is 0 Å². The number of aliphatic imine (C=N–C) groups is 1. The molecular formula is C14H31N3O3S. The minimum absolute atomic E-state index is 0.180. The van der Waals surface area contributed by atoms with Gasteiger partial charge < -0.3 is 15.4 Å². The maximum absolute atomic E-state index is 11.0. The summed E-state index contributed by atoms with van der Waals surface area (Å²) in [6, 6.07) is 0. The number of hydrogen-bond donors (Lipinski definition) is 2. The van der Waals surface area contributed by atoms with Crippen molar-refractivity contribution in [2.45, 2.75) is 33.6 Å². The van der Waals surface area contributed by atoms with Crippen LogP contribution in [0.2, 0.25) is 0 Å². The summed E-state index contributed by atoms with van der Waals surface area (Å²) in [6.07, 6.45) is 2.71. The van der Waals surface area contributed by atoms with Crippen LogP contribution in [0.5, 0.6) is 0 Å². The highest BCUT2D eigenvalue weighted by molar-refractivity contribution is 7.90. The van der Waals surface area contributed by atoms with E-state index in [0.717, 1.165) is 38.7 Å². The molecule has 0 unspecified atom stereocenters. The molecule has 0 saturated carbocycles. The average molecular weight is 321 g/mol. The smallest absolute Gasteiger partial charge is 0.191 e. The summed E-state index contributed by atoms with van der Waals surface area (Å²) in [7, 11) is -2.90. The number of guanidine groups is 1. The molecule has 6 nitrogen and oxygen atoms in total. The highest BCUT2D eigenvalue weighted by atomic mass is 32.2. The fourth-order valence-corrected chi connectivity index (χ4v) is 2.21. The van der Waals surface area contributed by atoms with Crippen molar-refractivity contribution in [3.63, 3.8) is 0 Å². The van der Waals surface area contributed by atoms with Crippen LogP contribution in [0, 0.1) is 5.92 Å². The third kappa shape index (κ3) is 15.4. The van der Waals surface area contributed by atoms with E-state index in [9.17, 15) is 8.42 Å². The summed E-state index contributed by atoms with van der Waals surface area (Å²) < 4.78 is 27.6. The van der Waals surface area contributed by atoms with E-state index in [1.165, 1.54) is 6.26 Å². The first-order valence-corrected chi connectivity index (χ1v) is 9.69. The van der Waals surface area contributed by atoms with Crippen LogP contribution in [-0.4, -0.2) is 59.2 Å². The van der Waals surface area contributed by atoms with E-state index >= 15 is 0 Å². The summed E-state index contributed by atoms with van der Waals surface area (Å²) in [5, 5.41) is 6.35. The first kappa shape index (κ1) is 20.2. The van der Waals surface area contributed by atoms with Crippen molar-refractivity contribution in [2.24, 2.45) is 10.9 Å². The molecule has 0 bridgehead atoms. The normalized spacial score (nSPS) is 12.7. The van der Waals surface area contributed by atoms with Crippen LogP contribution in [0.25, 0.3) is 0 Å². The van der Waals surface area contributed by atoms with E-state index < -0.39 is 9.84 Å². The van der Waals surface area contributed by atoms with Crippen LogP contribution < -0.4 is 10.6 Å². The van der Waals surface area contributed by atoms with Crippen molar-refractivity contribution in [1.29, 1.82) is 0 Å². The van der Waals surface area contributed by atoms with Crippen LogP contribution in [0.3, 0.4) is 0 Å². The number of ether oxygens (including phenoxy) is 1. The van der Waals surface area contributed by atoms with Gasteiger partial charge in [0.2, 0.25) is 0 Å². The zero-order chi connectivity index (χ0) is 16.1. The van der Waals surface area contributed by atoms with Crippen LogP contribution in [0.15, 0.2) is 4.99 Å². The molecule has 0 amide bonds. The van der Waals surface area contributed by atoms with Crippen molar-refractivity contribution >= 4 is 15.8 Å². The molecular weight excluding hydrogens is 290 g/mol. The lowest BCUT2D eigenvalue weighted by atomic mass is 10.2. The van der Waals surface area contributed by atoms with Crippen LogP contribution >= 0.6 is 0 Å². The molecule has 0 aromatic carbocycles. The molecule has 0 aromatic heterocycles. The molecule has 0 atom stereocenters. The first-order valence-electron chi connectivity index (χ1n) is 7.62. The van der Waals surface area contributed by atoms with Crippen molar-refractivity contribution in [1.82, 2.24) is 10.6 Å². The molecule has 0 spiro atoms. The van der Waals surface area contributed by atoms with Gasteiger partial charge in [0.15, 0.2) is 5.96 Å². The molecule has 126 valence electrons. The Bertz CT molecular complexity index is 381. The monoisotopic (exact) mass is 321 g/mol. The number of nitrogens with one attached hydrogen (secondary N) is 2. The summed E-state index contributed by atoms with van der Waals surface area (Å²) in [5.41, 5.74) is 0. The zero-order valence-electron chi connectivity index (χ0n) is 13.8. The Morgan fingerprint density at radius 2 is 1.95 bits per heavy atom. The van der Waals surface area contributed by atoms with Gasteiger partial charge in [0.25, 0.3) is 0 Å². The zero-order valence-corrected chi connectivity index (χ0v) is 14.6. The van der Waals surface area contributed by atoms with E-state index in [-0.39, 0.29) is 5.75 Å². The average Bonchev–Trinajstić information content (AvgIpc) is 2.37. The largest absolute Gasteiger partial charge is 0.381 e. The van der Waals surface area contributed by atoms with Gasteiger partial charge in [-0.15, -0.1) is 0 Å². The van der Waals surface area contributed by atoms with Gasteiger partial charge in [-0.1, -0.05) is 13.8 Å². The first-order chi connectivity index (χ1) is 9.85. The standard InChI is InChI=1S/C14H31N3O3S/c1-5-15-14(17-9-7-11-21(4,18)19)16-8-6-10-20-12-13(2)3/h13H,5-12H2,1-4H3,(H2,15,16,17). The van der Waals surface area contributed by atoms with Gasteiger partial charge in [0.1, 0.15) is 9.84 Å². The molecule has 0 aromatic rings. The van der Waals surface area contributed by atoms with E-state index in [1.54, 1.807) is 0 Å². The van der Waals surface area contributed by atoms with E-state index in [4.69, 9.17) is 4.74 Å². The van der Waals surface area contributed by atoms with Crippen molar-refractivity contribution in [3.8, 4) is 0 Å². The summed E-state index contributed by atoms with van der Waals surface area (Å²) in [6.45, 7) is 9.86. The Hall–Kier alpha value is -0.820. The lowest BCUT2D eigenvalue weighted by Crippen LogP contribution is -2.38. The molecule has 7 heteroatoms. The molecule has 21 heavy (non-hydrogen) atoms. The lowest BCUT2D eigenvalue weighted by Gasteiger charge is -2.11. The number of hydrogen-bond acceptors (Lipinski definition) is 4. The predicted molar refractivity (Wildman–Crippen MR) is 88.6 cm³/mol. The molecule has 0 radical (unpaired) electrons. The molecule has 2 N–H and O–H groups in total. The molecule has 0 fully saturated rings. The topological polar surface area (TPSA) is 79.8 Å². The van der Waals surface area contributed by atoms with Crippen molar-refractivity contribution < 1.29 is 13.2 Å². The van der Waals surface area contributed by atoms with Crippen molar-refractivity contribution in [3.05, 3.63) is 0 Å². The second-order valence-electron chi connectivity index (χ2n) is 5.49. The summed E-state index contributed by atoms with van der Waals surface area (Å²) in [4.78, 5) is 4.35. The summed E-state index contributed by atoms with van der Waals surface area (Å²) in [5.74, 6) is 1.47. The van der Waals surface area contributed by atoms with Gasteiger partial charge in [-0.3, -0.25) is 4.99 Å². The van der Waals surface area contributed by atoms with Gasteiger partial charge >= 0.3 is 0 Å². The second-order valence-corrected chi connectivity index (χ2v) is 7.75. The maximum atomic E-state index is 11.0. The van der Waals surface area contributed by atoms with Crippen LogP contribution in [0.4, 0.5) is 0 Å². The molecule has 0 heterocycles. The highest BCUT2D eigenvalue weighted by Gasteiger charge is 2.01. The van der Waals surface area contributed by atoms with E-state index in [2.05, 4.69) is 29.5 Å². The third-order valence-electron chi connectivity index (χ3n) is 2.50. The van der Waals surface area contributed by atoms with Crippen LogP contribution in [-0.2, 0) is 14.6 Å². The molecule has 0 rings (SSSR count). The number of rotatable bonds is 11. The summed E-state index contributed by atoms with van der Waals surface area (Å²) >= 11 is 0. The predicted octanol–water partition coefficient (Wildman–Crippen LogP) is 1.04. The quantitative estimate of drug-likeness (QED) is 0.338. The molecule has 0 aliphatic rings. The Kier molecular flexibility index (Phi) is 11.3. The Morgan fingerprint density at radius 3 is 2.52 bits per heavy atom. The number of nitrogens with zero attached hydrogens (tertiary/aromatic N) is 1. The minimum Gasteiger partial charge on any atom is -0.381 e. The second kappa shape index (κ2) is 11.8. The van der Waals surface area contributed by atoms with Gasteiger partial charge in [-0.05, 0) is 25.7 Å². The Labute approximate surface area is 129 Å². The molecule has 0 aliphatic carbocycles. The SMILES string of the molecule is CCNC(=NCCCS(C)(=O)=O)NCCCOCC(C)C. The van der Waals surface area contributed by atoms with Crippen molar-refractivity contribution in [2.75, 3.05) is 44.9 Å². The van der Waals surface area contributed by atoms with E-state index in [1.807, 2.05) is 6.92 Å². The molecule has 0 aliphatic heterocycles. The fourth-order valence-electron chi connectivity index (χ4n) is 1.56. The fraction of sp³-hybridized carbons (Fsp3) is 0.929. The van der Waals surface area contributed by atoms with E-state index in [0.29, 0.717) is 18.9 Å². The van der Waals surface area contributed by atoms with Gasteiger partial charge in [-0.25, -0.2) is 8.42 Å². The third-order valence-corrected chi connectivity index (χ3v) is 3.53. The highest BCUT2D eigenvalue weighted by Crippen LogP contribution is 1.93. The molecule has 0 saturated heterocycles. The number of sulfone groups is 1. The van der Waals surface area contributed by atoms with Gasteiger partial charge in [0.05, 0.1) is 5.75 Å². The Morgan fingerprint density at radius 1 is 1.24 bits per heavy atom. The van der Waals surface area contributed by atoms with Crippen LogP contribution in [0.1, 0.15) is 33.6 Å². The minimum atomic E-state index is -2.90. The Balaban J connectivity index is 3.85. The maximum Gasteiger partial charge on any atom is 0.191 e. The lowest BCUT2D eigenvalue weighted by molar-refractivity contribution is 0.108.